The fourth-order valence-corrected chi connectivity index (χ4v) is 2.76. The Hall–Kier alpha value is -3.81. The van der Waals surface area contributed by atoms with Crippen LogP contribution in [0.5, 0.6) is 5.88 Å². The molecule has 0 unspecified atom stereocenters. The van der Waals surface area contributed by atoms with Gasteiger partial charge in [-0.25, -0.2) is 4.39 Å². The largest absolute Gasteiger partial charge is 0.475 e. The monoisotopic (exact) mass is 391 g/mol. The zero-order valence-corrected chi connectivity index (χ0v) is 15.7. The van der Waals surface area contributed by atoms with Gasteiger partial charge >= 0.3 is 0 Å². The van der Waals surface area contributed by atoms with Crippen molar-refractivity contribution in [1.82, 2.24) is 25.1 Å². The molecular formula is C21H18FN5O2. The number of aryl methyl sites for hydroxylation is 1. The number of hydrogen-bond acceptors (Lipinski definition) is 5. The molecule has 4 aromatic rings. The molecule has 0 aliphatic heterocycles. The molecule has 1 amide bonds. The predicted molar refractivity (Wildman–Crippen MR) is 105 cm³/mol. The minimum atomic E-state index is -0.327. The molecule has 0 aliphatic rings. The molecule has 2 aromatic carbocycles. The number of carbonyl (C=O) groups excluding carboxylic acids is 1. The van der Waals surface area contributed by atoms with Crippen LogP contribution in [0.2, 0.25) is 0 Å². The predicted octanol–water partition coefficient (Wildman–Crippen LogP) is 3.05. The second kappa shape index (κ2) is 8.05. The van der Waals surface area contributed by atoms with Crippen LogP contribution >= 0.6 is 0 Å². The average Bonchev–Trinajstić information content (AvgIpc) is 3.15. The summed E-state index contributed by atoms with van der Waals surface area (Å²) >= 11 is 0. The van der Waals surface area contributed by atoms with Crippen molar-refractivity contribution in [3.8, 4) is 17.3 Å². The summed E-state index contributed by atoms with van der Waals surface area (Å²) in [5.74, 6) is 0.366. The molecule has 0 bridgehead atoms. The van der Waals surface area contributed by atoms with Gasteiger partial charge in [0.2, 0.25) is 5.88 Å². The van der Waals surface area contributed by atoms with E-state index in [0.717, 1.165) is 5.56 Å². The second-order valence-corrected chi connectivity index (χ2v) is 6.44. The lowest BCUT2D eigenvalue weighted by atomic mass is 10.1. The Kier molecular flexibility index (Phi) is 5.15. The minimum absolute atomic E-state index is 0.158. The highest BCUT2D eigenvalue weighted by Gasteiger charge is 2.11. The van der Waals surface area contributed by atoms with Gasteiger partial charge in [-0.1, -0.05) is 17.7 Å². The third kappa shape index (κ3) is 4.21. The molecule has 0 radical (unpaired) electrons. The van der Waals surface area contributed by atoms with Crippen LogP contribution in [0, 0.1) is 12.7 Å². The molecule has 0 atom stereocenters. The maximum Gasteiger partial charge on any atom is 0.251 e. The lowest BCUT2D eigenvalue weighted by molar-refractivity contribution is 0.0946. The van der Waals surface area contributed by atoms with Crippen molar-refractivity contribution in [3.63, 3.8) is 0 Å². The van der Waals surface area contributed by atoms with Crippen LogP contribution in [-0.2, 0) is 0 Å². The van der Waals surface area contributed by atoms with E-state index >= 15 is 0 Å². The number of nitrogens with zero attached hydrogens (tertiary/aromatic N) is 4. The van der Waals surface area contributed by atoms with Crippen LogP contribution in [-0.4, -0.2) is 38.9 Å². The second-order valence-electron chi connectivity index (χ2n) is 6.44. The Balaban J connectivity index is 1.39. The van der Waals surface area contributed by atoms with Crippen LogP contribution in [0.3, 0.4) is 0 Å². The third-order valence-corrected chi connectivity index (χ3v) is 4.29. The summed E-state index contributed by atoms with van der Waals surface area (Å²) in [6, 6.07) is 16.7. The van der Waals surface area contributed by atoms with Crippen LogP contribution in [0.1, 0.15) is 15.9 Å². The quantitative estimate of drug-likeness (QED) is 0.511. The topological polar surface area (TPSA) is 81.4 Å². The Bertz CT molecular complexity index is 1140. The lowest BCUT2D eigenvalue weighted by Crippen LogP contribution is -2.28. The summed E-state index contributed by atoms with van der Waals surface area (Å²) in [5, 5.41) is 15.4. The van der Waals surface area contributed by atoms with Crippen LogP contribution in [0.4, 0.5) is 4.39 Å². The van der Waals surface area contributed by atoms with Crippen LogP contribution < -0.4 is 10.1 Å². The number of ether oxygens (including phenoxy) is 1. The fraction of sp³-hybridized carbons (Fsp3) is 0.143. The van der Waals surface area contributed by atoms with Crippen LogP contribution in [0.25, 0.3) is 17.0 Å². The third-order valence-electron chi connectivity index (χ3n) is 4.29. The van der Waals surface area contributed by atoms with Crippen molar-refractivity contribution in [3.05, 3.63) is 77.6 Å². The van der Waals surface area contributed by atoms with E-state index in [9.17, 15) is 9.18 Å². The summed E-state index contributed by atoms with van der Waals surface area (Å²) in [6.45, 7) is 2.56. The molecule has 1 N–H and O–H groups in total. The Labute approximate surface area is 166 Å². The summed E-state index contributed by atoms with van der Waals surface area (Å²) in [6.07, 6.45) is 0. The van der Waals surface area contributed by atoms with Crippen molar-refractivity contribution in [1.29, 1.82) is 0 Å². The summed E-state index contributed by atoms with van der Waals surface area (Å²) in [5.41, 5.74) is 2.93. The number of amides is 1. The molecule has 0 spiro atoms. The Morgan fingerprint density at radius 2 is 1.79 bits per heavy atom. The molecule has 0 aliphatic carbocycles. The van der Waals surface area contributed by atoms with Gasteiger partial charge in [0.15, 0.2) is 11.5 Å². The van der Waals surface area contributed by atoms with Gasteiger partial charge in [0.25, 0.3) is 5.91 Å². The number of halogens is 1. The first-order valence-corrected chi connectivity index (χ1v) is 9.06. The van der Waals surface area contributed by atoms with Crippen molar-refractivity contribution in [2.24, 2.45) is 0 Å². The zero-order valence-electron chi connectivity index (χ0n) is 15.7. The highest BCUT2D eigenvalue weighted by atomic mass is 19.1. The van der Waals surface area contributed by atoms with Gasteiger partial charge in [-0.05, 0) is 49.4 Å². The van der Waals surface area contributed by atoms with E-state index in [1.165, 1.54) is 16.6 Å². The highest BCUT2D eigenvalue weighted by Crippen LogP contribution is 2.19. The first kappa shape index (κ1) is 18.5. The SMILES string of the molecule is Cc1ccc(C(=O)NCCOc2ccc3nnc(-c4ccc(F)cc4)n3n2)cc1. The van der Waals surface area contributed by atoms with Gasteiger partial charge < -0.3 is 10.1 Å². The molecule has 29 heavy (non-hydrogen) atoms. The van der Waals surface area contributed by atoms with Crippen molar-refractivity contribution >= 4 is 11.6 Å². The number of carbonyl (C=O) groups is 1. The number of benzene rings is 2. The van der Waals surface area contributed by atoms with Gasteiger partial charge in [0.1, 0.15) is 12.4 Å². The smallest absolute Gasteiger partial charge is 0.251 e. The molecule has 4 rings (SSSR count). The molecule has 0 saturated heterocycles. The summed E-state index contributed by atoms with van der Waals surface area (Å²) < 4.78 is 20.3. The molecular weight excluding hydrogens is 373 g/mol. The lowest BCUT2D eigenvalue weighted by Gasteiger charge is -2.08. The fourth-order valence-electron chi connectivity index (χ4n) is 2.76. The molecule has 7 nitrogen and oxygen atoms in total. The van der Waals surface area contributed by atoms with Gasteiger partial charge in [-0.3, -0.25) is 4.79 Å². The molecule has 0 fully saturated rings. The number of nitrogens with one attached hydrogen (secondary N) is 1. The van der Waals surface area contributed by atoms with E-state index in [2.05, 4.69) is 20.6 Å². The number of aromatic nitrogens is 4. The molecule has 0 saturated carbocycles. The molecule has 2 aromatic heterocycles. The van der Waals surface area contributed by atoms with E-state index in [-0.39, 0.29) is 18.3 Å². The summed E-state index contributed by atoms with van der Waals surface area (Å²) in [4.78, 5) is 12.1. The van der Waals surface area contributed by atoms with Gasteiger partial charge in [0, 0.05) is 17.2 Å². The van der Waals surface area contributed by atoms with E-state index in [4.69, 9.17) is 4.74 Å². The van der Waals surface area contributed by atoms with E-state index in [1.807, 2.05) is 19.1 Å². The van der Waals surface area contributed by atoms with E-state index in [1.54, 1.807) is 36.4 Å². The minimum Gasteiger partial charge on any atom is -0.475 e. The zero-order chi connectivity index (χ0) is 20.2. The number of fused-ring (bicyclic) bond motifs is 1. The number of hydrogen-bond donors (Lipinski definition) is 1. The Morgan fingerprint density at radius 1 is 1.03 bits per heavy atom. The van der Waals surface area contributed by atoms with Crippen molar-refractivity contribution in [2.75, 3.05) is 13.2 Å². The summed E-state index contributed by atoms with van der Waals surface area (Å²) in [7, 11) is 0. The molecule has 8 heteroatoms. The maximum absolute atomic E-state index is 13.2. The van der Waals surface area contributed by atoms with Crippen molar-refractivity contribution in [2.45, 2.75) is 6.92 Å². The average molecular weight is 391 g/mol. The van der Waals surface area contributed by atoms with Gasteiger partial charge in [-0.2, -0.15) is 4.52 Å². The standard InChI is InChI=1S/C21H18FN5O2/c1-14-2-4-16(5-3-14)21(28)23-12-13-29-19-11-10-18-24-25-20(27(18)26-19)15-6-8-17(22)9-7-15/h2-11H,12-13H2,1H3,(H,23,28). The first-order chi connectivity index (χ1) is 14.1. The first-order valence-electron chi connectivity index (χ1n) is 9.06. The van der Waals surface area contributed by atoms with Gasteiger partial charge in [0.05, 0.1) is 6.54 Å². The highest BCUT2D eigenvalue weighted by molar-refractivity contribution is 5.94. The Morgan fingerprint density at radius 3 is 2.55 bits per heavy atom. The van der Waals surface area contributed by atoms with E-state index in [0.29, 0.717) is 35.0 Å². The molecule has 146 valence electrons. The normalized spacial score (nSPS) is 10.8. The van der Waals surface area contributed by atoms with Crippen molar-refractivity contribution < 1.29 is 13.9 Å². The molecule has 2 heterocycles. The van der Waals surface area contributed by atoms with Gasteiger partial charge in [-0.15, -0.1) is 15.3 Å². The van der Waals surface area contributed by atoms with Crippen LogP contribution in [0.15, 0.2) is 60.7 Å². The van der Waals surface area contributed by atoms with E-state index < -0.39 is 0 Å². The number of rotatable bonds is 6. The maximum atomic E-state index is 13.2.